The van der Waals surface area contributed by atoms with Crippen molar-refractivity contribution in [1.82, 2.24) is 4.90 Å². The number of amides is 1. The minimum Gasteiger partial charge on any atom is -0.334 e. The van der Waals surface area contributed by atoms with Gasteiger partial charge in [0.1, 0.15) is 11.5 Å². The Balaban J connectivity index is 2.48. The Bertz CT molecular complexity index is 202. The molecule has 0 radical (unpaired) electrons. The van der Waals surface area contributed by atoms with Crippen LogP contribution in [0.2, 0.25) is 0 Å². The highest BCUT2D eigenvalue weighted by Crippen LogP contribution is 2.15. The van der Waals surface area contributed by atoms with Gasteiger partial charge in [0.2, 0.25) is 0 Å². The van der Waals surface area contributed by atoms with E-state index in [1.54, 1.807) is 0 Å². The Morgan fingerprint density at radius 2 is 1.60 bits per heavy atom. The average Bonchev–Trinajstić information content (AvgIpc) is 2.54. The normalized spacial score (nSPS) is 17.7. The van der Waals surface area contributed by atoms with Crippen LogP contribution < -0.4 is 0 Å². The van der Waals surface area contributed by atoms with Crippen molar-refractivity contribution in [2.75, 3.05) is 17.3 Å². The summed E-state index contributed by atoms with van der Waals surface area (Å²) in [5.41, 5.74) is 0. The summed E-state index contributed by atoms with van der Waals surface area (Å²) in [7, 11) is 0.398. The smallest absolute Gasteiger partial charge is 0.272 e. The first-order valence-corrected chi connectivity index (χ1v) is 7.71. The molecule has 1 amide bonds. The lowest BCUT2D eigenvalue weighted by Crippen LogP contribution is -2.45. The Morgan fingerprint density at radius 1 is 1.13 bits per heavy atom. The first-order chi connectivity index (χ1) is 7.02. The molecule has 15 heavy (non-hydrogen) atoms. The molecule has 1 heterocycles. The van der Waals surface area contributed by atoms with Crippen LogP contribution in [-0.2, 0) is 15.7 Å². The molecule has 0 atom stereocenters. The Labute approximate surface area is 96.8 Å². The fourth-order valence-corrected chi connectivity index (χ4v) is 4.50. The second-order valence-electron chi connectivity index (χ2n) is 4.86. The van der Waals surface area contributed by atoms with Gasteiger partial charge in [0.25, 0.3) is 5.91 Å². The minimum absolute atomic E-state index is 0.337. The second-order valence-corrected chi connectivity index (χ2v) is 7.19. The van der Waals surface area contributed by atoms with Gasteiger partial charge in [-0.1, -0.05) is 0 Å². The van der Waals surface area contributed by atoms with Gasteiger partial charge in [-0.3, -0.25) is 4.79 Å². The minimum atomic E-state index is 0.337. The van der Waals surface area contributed by atoms with Crippen molar-refractivity contribution >= 4 is 16.8 Å². The zero-order chi connectivity index (χ0) is 11.4. The largest absolute Gasteiger partial charge is 0.334 e. The maximum Gasteiger partial charge on any atom is 0.272 e. The van der Waals surface area contributed by atoms with Gasteiger partial charge in [-0.2, -0.15) is 0 Å². The van der Waals surface area contributed by atoms with E-state index in [9.17, 15) is 4.79 Å². The highest BCUT2D eigenvalue weighted by atomic mass is 32.2. The number of nitrogens with zero attached hydrogens (tertiary/aromatic N) is 1. The third kappa shape index (κ3) is 3.71. The molecular weight excluding hydrogens is 206 g/mol. The Kier molecular flexibility index (Phi) is 4.97. The van der Waals surface area contributed by atoms with Crippen LogP contribution >= 0.6 is 0 Å². The summed E-state index contributed by atoms with van der Waals surface area (Å²) in [5.74, 6) is 3.74. The van der Waals surface area contributed by atoms with Crippen molar-refractivity contribution in [3.63, 3.8) is 0 Å². The predicted molar refractivity (Wildman–Crippen MR) is 68.3 cm³/mol. The van der Waals surface area contributed by atoms with Crippen LogP contribution in [0.5, 0.6) is 0 Å². The summed E-state index contributed by atoms with van der Waals surface area (Å²) in [4.78, 5) is 14.1. The second kappa shape index (κ2) is 5.78. The van der Waals surface area contributed by atoms with E-state index in [2.05, 4.69) is 27.7 Å². The third-order valence-corrected chi connectivity index (χ3v) is 5.23. The summed E-state index contributed by atoms with van der Waals surface area (Å²) in [5, 5.41) is 0. The van der Waals surface area contributed by atoms with E-state index in [1.165, 1.54) is 24.3 Å². The summed E-state index contributed by atoms with van der Waals surface area (Å²) in [6.07, 6.45) is 2.67. The van der Waals surface area contributed by atoms with Crippen LogP contribution in [0.1, 0.15) is 40.5 Å². The van der Waals surface area contributed by atoms with Crippen LogP contribution in [0.4, 0.5) is 0 Å². The Morgan fingerprint density at radius 3 is 2.00 bits per heavy atom. The molecule has 3 heteroatoms. The van der Waals surface area contributed by atoms with Crippen LogP contribution in [0, 0.1) is 0 Å². The fourth-order valence-electron chi connectivity index (χ4n) is 2.28. The molecule has 1 aliphatic rings. The molecule has 0 aromatic carbocycles. The van der Waals surface area contributed by atoms with Gasteiger partial charge in [-0.15, -0.1) is 0 Å². The molecule has 1 fully saturated rings. The molecule has 0 spiro atoms. The van der Waals surface area contributed by atoms with E-state index in [1.807, 2.05) is 4.90 Å². The van der Waals surface area contributed by atoms with Gasteiger partial charge < -0.3 is 4.90 Å². The molecule has 0 N–H and O–H groups in total. The molecule has 0 saturated carbocycles. The topological polar surface area (TPSA) is 20.3 Å². The number of rotatable bonds is 4. The van der Waals surface area contributed by atoms with E-state index in [-0.39, 0.29) is 0 Å². The SMILES string of the molecule is CC(C)N(C(=O)C[S+]1CCCC1)C(C)C. The van der Waals surface area contributed by atoms with Crippen molar-refractivity contribution in [1.29, 1.82) is 0 Å². The lowest BCUT2D eigenvalue weighted by molar-refractivity contribution is -0.131. The van der Waals surface area contributed by atoms with Gasteiger partial charge in [0.05, 0.1) is 0 Å². The van der Waals surface area contributed by atoms with E-state index in [0.717, 1.165) is 5.75 Å². The lowest BCUT2D eigenvalue weighted by atomic mass is 10.2. The molecule has 1 saturated heterocycles. The third-order valence-electron chi connectivity index (χ3n) is 2.84. The summed E-state index contributed by atoms with van der Waals surface area (Å²) >= 11 is 0. The zero-order valence-electron chi connectivity index (χ0n) is 10.5. The number of carbonyl (C=O) groups is 1. The van der Waals surface area contributed by atoms with Gasteiger partial charge >= 0.3 is 0 Å². The lowest BCUT2D eigenvalue weighted by Gasteiger charge is -2.30. The molecule has 0 aromatic heterocycles. The van der Waals surface area contributed by atoms with Gasteiger partial charge in [-0.05, 0) is 51.4 Å². The van der Waals surface area contributed by atoms with Crippen molar-refractivity contribution in [2.24, 2.45) is 0 Å². The summed E-state index contributed by atoms with van der Waals surface area (Å²) in [6.45, 7) is 8.43. The molecule has 1 aliphatic heterocycles. The maximum absolute atomic E-state index is 12.1. The van der Waals surface area contributed by atoms with Gasteiger partial charge in [0.15, 0.2) is 5.75 Å². The molecule has 88 valence electrons. The first kappa shape index (κ1) is 12.9. The van der Waals surface area contributed by atoms with E-state index in [0.29, 0.717) is 28.9 Å². The zero-order valence-corrected chi connectivity index (χ0v) is 11.3. The molecule has 0 aliphatic carbocycles. The van der Waals surface area contributed by atoms with Gasteiger partial charge in [-0.25, -0.2) is 0 Å². The molecule has 2 nitrogen and oxygen atoms in total. The van der Waals surface area contributed by atoms with Crippen molar-refractivity contribution in [3.8, 4) is 0 Å². The number of hydrogen-bond acceptors (Lipinski definition) is 1. The van der Waals surface area contributed by atoms with Crippen LogP contribution in [-0.4, -0.2) is 40.1 Å². The highest BCUT2D eigenvalue weighted by molar-refractivity contribution is 7.97. The standard InChI is InChI=1S/C12H24NOS/c1-10(2)13(11(3)4)12(14)9-15-7-5-6-8-15/h10-11H,5-9H2,1-4H3/q+1. The van der Waals surface area contributed by atoms with Crippen molar-refractivity contribution in [2.45, 2.75) is 52.6 Å². The highest BCUT2D eigenvalue weighted by Gasteiger charge is 2.31. The number of carbonyl (C=O) groups excluding carboxylic acids is 1. The molecule has 0 bridgehead atoms. The Hall–Kier alpha value is -0.180. The molecule has 0 unspecified atom stereocenters. The van der Waals surface area contributed by atoms with E-state index in [4.69, 9.17) is 0 Å². The average molecular weight is 230 g/mol. The summed E-state index contributed by atoms with van der Waals surface area (Å²) < 4.78 is 0. The molecule has 0 aromatic rings. The predicted octanol–water partition coefficient (Wildman–Crippen LogP) is 2.04. The van der Waals surface area contributed by atoms with Crippen LogP contribution in [0.15, 0.2) is 0 Å². The fraction of sp³-hybridized carbons (Fsp3) is 0.917. The van der Waals surface area contributed by atoms with Crippen LogP contribution in [0.25, 0.3) is 0 Å². The molecule has 1 rings (SSSR count). The quantitative estimate of drug-likeness (QED) is 0.677. The maximum atomic E-state index is 12.1. The monoisotopic (exact) mass is 230 g/mol. The summed E-state index contributed by atoms with van der Waals surface area (Å²) in [6, 6.07) is 0.674. The van der Waals surface area contributed by atoms with Gasteiger partial charge in [0, 0.05) is 12.1 Å². The van der Waals surface area contributed by atoms with Crippen molar-refractivity contribution in [3.05, 3.63) is 0 Å². The number of hydrogen-bond donors (Lipinski definition) is 0. The molecular formula is C12H24NOS+. The van der Waals surface area contributed by atoms with Crippen molar-refractivity contribution < 1.29 is 4.79 Å². The van der Waals surface area contributed by atoms with Crippen LogP contribution in [0.3, 0.4) is 0 Å². The van der Waals surface area contributed by atoms with E-state index >= 15 is 0 Å². The first-order valence-electron chi connectivity index (χ1n) is 5.97. The van der Waals surface area contributed by atoms with E-state index < -0.39 is 0 Å².